The molecule has 1 aromatic heterocycles. The van der Waals surface area contributed by atoms with E-state index in [1.54, 1.807) is 7.11 Å². The number of pyridine rings is 1. The summed E-state index contributed by atoms with van der Waals surface area (Å²) in [6.45, 7) is 4.24. The molecule has 2 heterocycles. The molecule has 2 N–H and O–H groups in total. The Kier molecular flexibility index (Phi) is 6.69. The largest absolute Gasteiger partial charge is 0.493 e. The first kappa shape index (κ1) is 21.8. The van der Waals surface area contributed by atoms with Gasteiger partial charge in [0.25, 0.3) is 0 Å². The molecule has 0 spiro atoms. The molecule has 1 saturated carbocycles. The van der Waals surface area contributed by atoms with Crippen molar-refractivity contribution in [1.82, 2.24) is 9.88 Å². The van der Waals surface area contributed by atoms with Crippen molar-refractivity contribution in [3.05, 3.63) is 23.3 Å². The average molecular weight is 440 g/mol. The molecular weight excluding hydrogens is 402 g/mol. The zero-order valence-corrected chi connectivity index (χ0v) is 19.4. The maximum atomic E-state index is 10.1. The highest BCUT2D eigenvalue weighted by molar-refractivity contribution is 5.89. The second kappa shape index (κ2) is 9.84. The molecule has 1 aliphatic heterocycles. The first-order valence-electron chi connectivity index (χ1n) is 12.5. The Morgan fingerprint density at radius 1 is 1.06 bits per heavy atom. The van der Waals surface area contributed by atoms with Crippen LogP contribution in [0.3, 0.4) is 0 Å². The third-order valence-corrected chi connectivity index (χ3v) is 7.41. The lowest BCUT2D eigenvalue weighted by Gasteiger charge is -2.28. The smallest absolute Gasteiger partial charge is 0.163 e. The fourth-order valence-corrected chi connectivity index (χ4v) is 5.73. The predicted molar refractivity (Wildman–Crippen MR) is 128 cm³/mol. The summed E-state index contributed by atoms with van der Waals surface area (Å²) in [7, 11) is 1.72. The summed E-state index contributed by atoms with van der Waals surface area (Å²) < 4.78 is 11.9. The number of aromatic nitrogens is 1. The highest BCUT2D eigenvalue weighted by Gasteiger charge is 2.25. The fourth-order valence-electron chi connectivity index (χ4n) is 5.73. The van der Waals surface area contributed by atoms with Gasteiger partial charge in [0.2, 0.25) is 0 Å². The predicted octanol–water partition coefficient (Wildman–Crippen LogP) is 4.31. The van der Waals surface area contributed by atoms with E-state index in [-0.39, 0.29) is 6.10 Å². The van der Waals surface area contributed by atoms with Gasteiger partial charge in [-0.05, 0) is 94.5 Å². The van der Waals surface area contributed by atoms with Gasteiger partial charge in [-0.3, -0.25) is 0 Å². The van der Waals surface area contributed by atoms with Crippen molar-refractivity contribution >= 4 is 16.7 Å². The van der Waals surface area contributed by atoms with Gasteiger partial charge in [-0.1, -0.05) is 0 Å². The number of ether oxygens (including phenoxy) is 2. The number of likely N-dealkylation sites (tertiary alicyclic amines) is 1. The van der Waals surface area contributed by atoms with E-state index in [0.717, 1.165) is 80.7 Å². The van der Waals surface area contributed by atoms with Gasteiger partial charge in [0.1, 0.15) is 5.82 Å². The minimum absolute atomic E-state index is 0.195. The molecule has 6 heteroatoms. The number of aliphatic hydroxyl groups excluding tert-OH is 1. The lowest BCUT2D eigenvalue weighted by Crippen LogP contribution is -2.30. The van der Waals surface area contributed by atoms with Crippen LogP contribution in [-0.2, 0) is 12.8 Å². The van der Waals surface area contributed by atoms with Gasteiger partial charge in [-0.25, -0.2) is 4.98 Å². The standard InChI is InChI=1S/C26H37N3O3/c1-31-24-16-22-20-9-5-10-21(20)26(27-18-7-4-8-19(30)15-18)28-23(22)17-25(24)32-14-6-13-29-11-2-3-12-29/h16-19,30H,2-15H2,1H3,(H,27,28)/t18-,19+/m0/s1. The number of aryl methyl sites for hydroxylation is 1. The summed E-state index contributed by atoms with van der Waals surface area (Å²) in [4.78, 5) is 7.58. The van der Waals surface area contributed by atoms with Crippen LogP contribution in [0.5, 0.6) is 11.5 Å². The summed E-state index contributed by atoms with van der Waals surface area (Å²) in [6.07, 6.45) is 10.7. The second-order valence-electron chi connectivity index (χ2n) is 9.70. The first-order valence-corrected chi connectivity index (χ1v) is 12.5. The van der Waals surface area contributed by atoms with Crippen molar-refractivity contribution in [3.63, 3.8) is 0 Å². The molecule has 1 aromatic carbocycles. The molecule has 1 saturated heterocycles. The van der Waals surface area contributed by atoms with Crippen molar-refractivity contribution in [1.29, 1.82) is 0 Å². The van der Waals surface area contributed by atoms with E-state index in [0.29, 0.717) is 12.6 Å². The van der Waals surface area contributed by atoms with Crippen molar-refractivity contribution in [3.8, 4) is 11.5 Å². The van der Waals surface area contributed by atoms with E-state index >= 15 is 0 Å². The number of fused-ring (bicyclic) bond motifs is 3. The molecule has 2 fully saturated rings. The van der Waals surface area contributed by atoms with E-state index in [4.69, 9.17) is 14.5 Å². The summed E-state index contributed by atoms with van der Waals surface area (Å²) in [5.41, 5.74) is 3.71. The van der Waals surface area contributed by atoms with Crippen LogP contribution < -0.4 is 14.8 Å². The highest BCUT2D eigenvalue weighted by atomic mass is 16.5. The molecule has 6 nitrogen and oxygen atoms in total. The zero-order chi connectivity index (χ0) is 21.9. The molecule has 0 unspecified atom stereocenters. The third kappa shape index (κ3) is 4.67. The van der Waals surface area contributed by atoms with Crippen LogP contribution in [0.4, 0.5) is 5.82 Å². The Morgan fingerprint density at radius 2 is 1.91 bits per heavy atom. The van der Waals surface area contributed by atoms with E-state index in [1.807, 2.05) is 0 Å². The summed E-state index contributed by atoms with van der Waals surface area (Å²) in [5.74, 6) is 2.59. The van der Waals surface area contributed by atoms with Crippen LogP contribution in [0.15, 0.2) is 12.1 Å². The monoisotopic (exact) mass is 439 g/mol. The van der Waals surface area contributed by atoms with Gasteiger partial charge in [-0.2, -0.15) is 0 Å². The Labute approximate surface area is 191 Å². The normalized spacial score (nSPS) is 23.4. The zero-order valence-electron chi connectivity index (χ0n) is 19.4. The topological polar surface area (TPSA) is 66.8 Å². The van der Waals surface area contributed by atoms with Crippen LogP contribution >= 0.6 is 0 Å². The number of methoxy groups -OCH3 is 1. The maximum absolute atomic E-state index is 10.1. The minimum Gasteiger partial charge on any atom is -0.493 e. The SMILES string of the molecule is COc1cc2c3c(c(N[C@H]4CCC[C@@H](O)C4)nc2cc1OCCCN1CCCC1)CCC3. The van der Waals surface area contributed by atoms with E-state index in [2.05, 4.69) is 22.3 Å². The third-order valence-electron chi connectivity index (χ3n) is 7.41. The Hall–Kier alpha value is -2.05. The van der Waals surface area contributed by atoms with Gasteiger partial charge >= 0.3 is 0 Å². The van der Waals surface area contributed by atoms with Crippen molar-refractivity contribution in [2.75, 3.05) is 38.7 Å². The number of hydrogen-bond donors (Lipinski definition) is 2. The Balaban J connectivity index is 1.37. The number of benzene rings is 1. The molecule has 3 aliphatic rings. The van der Waals surface area contributed by atoms with Crippen LogP contribution in [0.25, 0.3) is 10.9 Å². The van der Waals surface area contributed by atoms with Crippen LogP contribution in [-0.4, -0.2) is 60.5 Å². The number of nitrogens with zero attached hydrogens (tertiary/aromatic N) is 2. The Bertz CT molecular complexity index is 942. The molecule has 174 valence electrons. The van der Waals surface area contributed by atoms with Crippen LogP contribution in [0.1, 0.15) is 62.5 Å². The van der Waals surface area contributed by atoms with Crippen molar-refractivity contribution in [2.24, 2.45) is 0 Å². The molecule has 0 amide bonds. The number of aliphatic hydroxyl groups is 1. The molecule has 2 aromatic rings. The number of anilines is 1. The fraction of sp³-hybridized carbons (Fsp3) is 0.654. The van der Waals surface area contributed by atoms with Gasteiger partial charge in [0, 0.05) is 24.0 Å². The first-order chi connectivity index (χ1) is 15.7. The van der Waals surface area contributed by atoms with Gasteiger partial charge in [0.05, 0.1) is 25.3 Å². The minimum atomic E-state index is -0.195. The average Bonchev–Trinajstić information content (AvgIpc) is 3.49. The second-order valence-corrected chi connectivity index (χ2v) is 9.70. The van der Waals surface area contributed by atoms with Gasteiger partial charge in [0.15, 0.2) is 11.5 Å². The highest BCUT2D eigenvalue weighted by Crippen LogP contribution is 2.39. The maximum Gasteiger partial charge on any atom is 0.163 e. The van der Waals surface area contributed by atoms with Gasteiger partial charge in [-0.15, -0.1) is 0 Å². The molecule has 0 bridgehead atoms. The van der Waals surface area contributed by atoms with E-state index in [1.165, 1.54) is 42.4 Å². The molecule has 2 atom stereocenters. The molecule has 2 aliphatic carbocycles. The molecular formula is C26H37N3O3. The number of nitrogens with one attached hydrogen (secondary N) is 1. The van der Waals surface area contributed by atoms with Crippen LogP contribution in [0, 0.1) is 0 Å². The summed E-state index contributed by atoms with van der Waals surface area (Å²) >= 11 is 0. The lowest BCUT2D eigenvalue weighted by molar-refractivity contribution is 0.124. The number of hydrogen-bond acceptors (Lipinski definition) is 6. The van der Waals surface area contributed by atoms with E-state index < -0.39 is 0 Å². The molecule has 32 heavy (non-hydrogen) atoms. The van der Waals surface area contributed by atoms with Gasteiger partial charge < -0.3 is 24.8 Å². The van der Waals surface area contributed by atoms with Crippen molar-refractivity contribution < 1.29 is 14.6 Å². The Morgan fingerprint density at radius 3 is 2.72 bits per heavy atom. The molecule has 0 radical (unpaired) electrons. The van der Waals surface area contributed by atoms with Crippen LogP contribution in [0.2, 0.25) is 0 Å². The lowest BCUT2D eigenvalue weighted by atomic mass is 9.93. The quantitative estimate of drug-likeness (QED) is 0.598. The van der Waals surface area contributed by atoms with E-state index in [9.17, 15) is 5.11 Å². The summed E-state index contributed by atoms with van der Waals surface area (Å²) in [6, 6.07) is 4.48. The number of rotatable bonds is 8. The van der Waals surface area contributed by atoms with Crippen molar-refractivity contribution in [2.45, 2.75) is 76.4 Å². The summed E-state index contributed by atoms with van der Waals surface area (Å²) in [5, 5.41) is 15.0. The molecule has 5 rings (SSSR count).